The zero-order valence-corrected chi connectivity index (χ0v) is 25.8. The van der Waals surface area contributed by atoms with Gasteiger partial charge >= 0.3 is 0 Å². The Kier molecular flexibility index (Phi) is 13.9. The number of allylic oxidation sites excluding steroid dienone is 2. The summed E-state index contributed by atoms with van der Waals surface area (Å²) >= 11 is 0. The standard InChI is InChI=1S/C18H10NO.C11H20O2.Ir.Y/c1-2-6-13(7-3-1)15-10-17-18(19-11-15)16-9-5-4-8-14(16)12-20-17;1-8(2)5-10(12)7-11(13)6-9(3)4;;/h1-6,8,10H,12H2;7-9,12H,5-6H2,1-4H3;;/q-3;;;/b;10-7-;;. The van der Waals surface area contributed by atoms with Crippen molar-refractivity contribution in [1.29, 1.82) is 0 Å². The number of hydrogen-bond donors (Lipinski definition) is 1. The fraction of sp³-hybridized carbons (Fsp3) is 0.310. The molecule has 4 nitrogen and oxygen atoms in total. The molecule has 6 heteroatoms. The molecule has 0 amide bonds. The van der Waals surface area contributed by atoms with E-state index in [1.165, 1.54) is 6.08 Å². The van der Waals surface area contributed by atoms with Gasteiger partial charge in [-0.15, -0.1) is 42.0 Å². The van der Waals surface area contributed by atoms with Crippen LogP contribution < -0.4 is 4.74 Å². The molecule has 0 spiro atoms. The minimum atomic E-state index is 0. The van der Waals surface area contributed by atoms with Crippen LogP contribution in [0.4, 0.5) is 0 Å². The van der Waals surface area contributed by atoms with E-state index in [4.69, 9.17) is 4.74 Å². The van der Waals surface area contributed by atoms with Crippen LogP contribution in [0, 0.1) is 30.2 Å². The van der Waals surface area contributed by atoms with Gasteiger partial charge in [0.2, 0.25) is 0 Å². The second kappa shape index (κ2) is 15.5. The number of aliphatic hydroxyl groups excluding tert-OH is 1. The molecule has 35 heavy (non-hydrogen) atoms. The summed E-state index contributed by atoms with van der Waals surface area (Å²) in [6, 6.07) is 22.1. The fourth-order valence-corrected chi connectivity index (χ4v) is 3.48. The van der Waals surface area contributed by atoms with E-state index in [-0.39, 0.29) is 64.4 Å². The first kappa shape index (κ1) is 31.4. The molecular weight excluding hydrogens is 691 g/mol. The summed E-state index contributed by atoms with van der Waals surface area (Å²) in [6.45, 7) is 8.56. The van der Waals surface area contributed by atoms with Gasteiger partial charge in [0.05, 0.1) is 18.1 Å². The van der Waals surface area contributed by atoms with Crippen molar-refractivity contribution in [2.75, 3.05) is 0 Å². The molecule has 3 aromatic rings. The molecule has 0 fully saturated rings. The zero-order chi connectivity index (χ0) is 23.8. The number of nitrogens with zero attached hydrogens (tertiary/aromatic N) is 1. The molecule has 1 aromatic heterocycles. The van der Waals surface area contributed by atoms with Crippen molar-refractivity contribution in [3.63, 3.8) is 0 Å². The Morgan fingerprint density at radius 1 is 1.06 bits per heavy atom. The van der Waals surface area contributed by atoms with E-state index in [0.717, 1.165) is 33.7 Å². The molecule has 2 radical (unpaired) electrons. The number of fused-ring (bicyclic) bond motifs is 3. The van der Waals surface area contributed by atoms with Gasteiger partial charge in [0.1, 0.15) is 0 Å². The average molecular weight is 722 g/mol. The Balaban J connectivity index is 0.000000364. The number of aliphatic hydroxyl groups is 1. The maximum Gasteiger partial charge on any atom is 0.159 e. The summed E-state index contributed by atoms with van der Waals surface area (Å²) in [6.07, 6.45) is 5.54. The largest absolute Gasteiger partial charge is 0.516 e. The topological polar surface area (TPSA) is 59.4 Å². The second-order valence-electron chi connectivity index (χ2n) is 8.93. The molecular formula is C29H30IrNO3Y-3. The van der Waals surface area contributed by atoms with Gasteiger partial charge in [0.15, 0.2) is 5.78 Å². The third-order valence-corrected chi connectivity index (χ3v) is 4.91. The average Bonchev–Trinajstić information content (AvgIpc) is 2.78. The van der Waals surface area contributed by atoms with Gasteiger partial charge in [-0.25, -0.2) is 11.1 Å². The van der Waals surface area contributed by atoms with Crippen LogP contribution in [0.5, 0.6) is 5.75 Å². The number of rotatable bonds is 6. The van der Waals surface area contributed by atoms with Crippen LogP contribution in [0.15, 0.2) is 60.4 Å². The SMILES string of the molecule is CC(C)CC(=O)/C=C(\O)CC(C)C.[Ir].[Y].[c-]1ccccc1-c1[c-]nc2c(c1)OCc1ccc[c-]c1-2. The van der Waals surface area contributed by atoms with Crippen molar-refractivity contribution < 1.29 is 67.5 Å². The van der Waals surface area contributed by atoms with Crippen LogP contribution in [0.1, 0.15) is 46.1 Å². The predicted octanol–water partition coefficient (Wildman–Crippen LogP) is 6.79. The first-order valence-electron chi connectivity index (χ1n) is 11.3. The summed E-state index contributed by atoms with van der Waals surface area (Å²) in [4.78, 5) is 15.6. The number of pyridine rings is 1. The molecule has 184 valence electrons. The monoisotopic (exact) mass is 722 g/mol. The van der Waals surface area contributed by atoms with Gasteiger partial charge in [0.25, 0.3) is 0 Å². The van der Waals surface area contributed by atoms with Crippen LogP contribution in [-0.4, -0.2) is 15.9 Å². The number of ketones is 1. The van der Waals surface area contributed by atoms with Gasteiger partial charge in [-0.05, 0) is 11.8 Å². The number of benzene rings is 2. The van der Waals surface area contributed by atoms with Crippen LogP contribution in [0.25, 0.3) is 22.4 Å². The third-order valence-electron chi connectivity index (χ3n) is 4.91. The molecule has 4 rings (SSSR count). The molecule has 0 aliphatic carbocycles. The number of carbonyl (C=O) groups is 1. The van der Waals surface area contributed by atoms with Gasteiger partial charge in [0, 0.05) is 77.4 Å². The summed E-state index contributed by atoms with van der Waals surface area (Å²) in [5, 5.41) is 9.34. The summed E-state index contributed by atoms with van der Waals surface area (Å²) in [5.41, 5.74) is 4.79. The van der Waals surface area contributed by atoms with Crippen molar-refractivity contribution in [3.05, 3.63) is 84.3 Å². The minimum absolute atomic E-state index is 0. The predicted molar refractivity (Wildman–Crippen MR) is 131 cm³/mol. The quantitative estimate of drug-likeness (QED) is 0.173. The van der Waals surface area contributed by atoms with Crippen LogP contribution >= 0.6 is 0 Å². The molecule has 1 aliphatic rings. The third kappa shape index (κ3) is 9.73. The Morgan fingerprint density at radius 2 is 1.77 bits per heavy atom. The number of hydrogen-bond acceptors (Lipinski definition) is 4. The van der Waals surface area contributed by atoms with Crippen molar-refractivity contribution >= 4 is 5.78 Å². The molecule has 2 heterocycles. The van der Waals surface area contributed by atoms with E-state index in [9.17, 15) is 9.90 Å². The first-order valence-corrected chi connectivity index (χ1v) is 11.3. The van der Waals surface area contributed by atoms with Crippen molar-refractivity contribution in [1.82, 2.24) is 4.98 Å². The van der Waals surface area contributed by atoms with Gasteiger partial charge in [-0.2, -0.15) is 24.3 Å². The molecule has 0 unspecified atom stereocenters. The normalized spacial score (nSPS) is 11.7. The summed E-state index contributed by atoms with van der Waals surface area (Å²) < 4.78 is 5.80. The van der Waals surface area contributed by atoms with E-state index in [0.29, 0.717) is 31.3 Å². The minimum Gasteiger partial charge on any atom is -0.516 e. The molecule has 1 N–H and O–H groups in total. The Labute approximate surface area is 247 Å². The van der Waals surface area contributed by atoms with Crippen molar-refractivity contribution in [2.45, 2.75) is 47.1 Å². The Hall–Kier alpha value is -1.65. The molecule has 0 bridgehead atoms. The van der Waals surface area contributed by atoms with E-state index in [1.807, 2.05) is 76.2 Å². The van der Waals surface area contributed by atoms with E-state index < -0.39 is 0 Å². The van der Waals surface area contributed by atoms with Crippen LogP contribution in [-0.2, 0) is 64.2 Å². The second-order valence-corrected chi connectivity index (χ2v) is 8.93. The summed E-state index contributed by atoms with van der Waals surface area (Å²) in [7, 11) is 0. The molecule has 0 atom stereocenters. The van der Waals surface area contributed by atoms with Crippen LogP contribution in [0.3, 0.4) is 0 Å². The zero-order valence-electron chi connectivity index (χ0n) is 20.6. The maximum atomic E-state index is 11.2. The van der Waals surface area contributed by atoms with E-state index in [2.05, 4.69) is 23.3 Å². The van der Waals surface area contributed by atoms with Crippen molar-refractivity contribution in [3.8, 4) is 28.1 Å². The van der Waals surface area contributed by atoms with Crippen LogP contribution in [0.2, 0.25) is 0 Å². The van der Waals surface area contributed by atoms with Gasteiger partial charge < -0.3 is 14.8 Å². The fourth-order valence-electron chi connectivity index (χ4n) is 3.48. The van der Waals surface area contributed by atoms with Crippen molar-refractivity contribution in [2.24, 2.45) is 11.8 Å². The van der Waals surface area contributed by atoms with Gasteiger partial charge in [-0.3, -0.25) is 4.79 Å². The Bertz CT molecular complexity index is 1110. The smallest absolute Gasteiger partial charge is 0.159 e. The molecule has 0 saturated carbocycles. The molecule has 1 aliphatic heterocycles. The molecule has 0 saturated heterocycles. The first-order chi connectivity index (χ1) is 15.8. The number of carbonyl (C=O) groups excluding carboxylic acids is 1. The van der Waals surface area contributed by atoms with E-state index in [1.54, 1.807) is 0 Å². The van der Waals surface area contributed by atoms with Gasteiger partial charge in [-0.1, -0.05) is 39.5 Å². The number of ether oxygens (including phenoxy) is 1. The van der Waals surface area contributed by atoms with E-state index >= 15 is 0 Å². The number of aromatic nitrogens is 1. The Morgan fingerprint density at radius 3 is 2.43 bits per heavy atom. The molecule has 2 aromatic carbocycles. The summed E-state index contributed by atoms with van der Waals surface area (Å²) in [5.74, 6) is 1.76. The maximum absolute atomic E-state index is 11.2.